The smallest absolute Gasteiger partial charge is 0.224 e. The molecule has 1 saturated carbocycles. The van der Waals surface area contributed by atoms with Gasteiger partial charge in [-0.25, -0.2) is 0 Å². The summed E-state index contributed by atoms with van der Waals surface area (Å²) in [5.41, 5.74) is 7.44. The summed E-state index contributed by atoms with van der Waals surface area (Å²) in [5.74, 6) is 0.0307. The van der Waals surface area contributed by atoms with Gasteiger partial charge in [-0.05, 0) is 30.9 Å². The standard InChI is InChI=1S/C17H26N2O2/c18-13-14-7-4-5-10-16(14)19-17(20)11-6-12-21-15-8-2-1-3-9-15/h4-5,7,10,15H,1-3,6,8-9,11-13,18H2,(H,19,20). The summed E-state index contributed by atoms with van der Waals surface area (Å²) in [4.78, 5) is 11.9. The molecule has 1 amide bonds. The highest BCUT2D eigenvalue weighted by Crippen LogP contribution is 2.20. The molecule has 0 atom stereocenters. The summed E-state index contributed by atoms with van der Waals surface area (Å²) in [5, 5.41) is 2.93. The van der Waals surface area contributed by atoms with Gasteiger partial charge in [-0.2, -0.15) is 0 Å². The minimum atomic E-state index is 0.0307. The molecular weight excluding hydrogens is 264 g/mol. The van der Waals surface area contributed by atoms with Crippen molar-refractivity contribution in [2.45, 2.75) is 57.6 Å². The van der Waals surface area contributed by atoms with E-state index in [1.165, 1.54) is 32.1 Å². The number of anilines is 1. The summed E-state index contributed by atoms with van der Waals surface area (Å²) >= 11 is 0. The first kappa shape index (κ1) is 16.0. The molecule has 0 aliphatic heterocycles. The van der Waals surface area contributed by atoms with Crippen molar-refractivity contribution < 1.29 is 9.53 Å². The second-order valence-corrected chi connectivity index (χ2v) is 5.64. The molecule has 0 aromatic heterocycles. The minimum absolute atomic E-state index is 0.0307. The van der Waals surface area contributed by atoms with Crippen LogP contribution in [0.25, 0.3) is 0 Å². The molecule has 0 saturated heterocycles. The summed E-state index contributed by atoms with van der Waals surface area (Å²) in [6.45, 7) is 1.11. The van der Waals surface area contributed by atoms with Gasteiger partial charge in [-0.3, -0.25) is 4.79 Å². The van der Waals surface area contributed by atoms with E-state index in [1.54, 1.807) is 0 Å². The Morgan fingerprint density at radius 2 is 2.00 bits per heavy atom. The van der Waals surface area contributed by atoms with Crippen LogP contribution in [0.15, 0.2) is 24.3 Å². The van der Waals surface area contributed by atoms with Crippen molar-refractivity contribution in [2.75, 3.05) is 11.9 Å². The number of ether oxygens (including phenoxy) is 1. The van der Waals surface area contributed by atoms with Gasteiger partial charge in [0.25, 0.3) is 0 Å². The first-order valence-corrected chi connectivity index (χ1v) is 7.99. The summed E-state index contributed by atoms with van der Waals surface area (Å²) in [6, 6.07) is 7.65. The van der Waals surface area contributed by atoms with E-state index in [0.717, 1.165) is 17.7 Å². The number of carbonyl (C=O) groups excluding carboxylic acids is 1. The number of nitrogens with two attached hydrogens (primary N) is 1. The van der Waals surface area contributed by atoms with Crippen molar-refractivity contribution in [1.82, 2.24) is 0 Å². The molecule has 1 fully saturated rings. The lowest BCUT2D eigenvalue weighted by atomic mass is 9.98. The van der Waals surface area contributed by atoms with Crippen LogP contribution >= 0.6 is 0 Å². The number of carbonyl (C=O) groups is 1. The molecule has 0 bridgehead atoms. The molecule has 21 heavy (non-hydrogen) atoms. The lowest BCUT2D eigenvalue weighted by Crippen LogP contribution is -2.18. The average Bonchev–Trinajstić information content (AvgIpc) is 2.53. The molecule has 0 spiro atoms. The van der Waals surface area contributed by atoms with Gasteiger partial charge >= 0.3 is 0 Å². The molecule has 0 unspecified atom stereocenters. The number of hydrogen-bond acceptors (Lipinski definition) is 3. The number of amides is 1. The van der Waals surface area contributed by atoms with Gasteiger partial charge in [0.1, 0.15) is 0 Å². The third kappa shape index (κ3) is 5.48. The van der Waals surface area contributed by atoms with Crippen LogP contribution in [0.4, 0.5) is 5.69 Å². The molecule has 0 radical (unpaired) electrons. The van der Waals surface area contributed by atoms with Crippen molar-refractivity contribution in [3.63, 3.8) is 0 Å². The van der Waals surface area contributed by atoms with Crippen LogP contribution in [0, 0.1) is 0 Å². The van der Waals surface area contributed by atoms with E-state index < -0.39 is 0 Å². The molecule has 0 heterocycles. The molecule has 1 aliphatic rings. The Labute approximate surface area is 127 Å². The molecule has 116 valence electrons. The van der Waals surface area contributed by atoms with E-state index in [4.69, 9.17) is 10.5 Å². The van der Waals surface area contributed by atoms with Gasteiger partial charge in [0.15, 0.2) is 0 Å². The summed E-state index contributed by atoms with van der Waals surface area (Å²) in [6.07, 6.45) is 7.93. The molecule has 1 aliphatic carbocycles. The fourth-order valence-electron chi connectivity index (χ4n) is 2.75. The Morgan fingerprint density at radius 1 is 1.24 bits per heavy atom. The zero-order chi connectivity index (χ0) is 14.9. The van der Waals surface area contributed by atoms with E-state index in [1.807, 2.05) is 24.3 Å². The van der Waals surface area contributed by atoms with E-state index in [-0.39, 0.29) is 5.91 Å². The SMILES string of the molecule is NCc1ccccc1NC(=O)CCCOC1CCCCC1. The van der Waals surface area contributed by atoms with Crippen LogP contribution in [0.5, 0.6) is 0 Å². The Balaban J connectivity index is 1.65. The second-order valence-electron chi connectivity index (χ2n) is 5.64. The first-order chi connectivity index (χ1) is 10.3. The maximum atomic E-state index is 11.9. The average molecular weight is 290 g/mol. The van der Waals surface area contributed by atoms with Crippen molar-refractivity contribution in [2.24, 2.45) is 5.73 Å². The van der Waals surface area contributed by atoms with Crippen LogP contribution < -0.4 is 11.1 Å². The highest BCUT2D eigenvalue weighted by atomic mass is 16.5. The van der Waals surface area contributed by atoms with Crippen LogP contribution in [-0.2, 0) is 16.1 Å². The first-order valence-electron chi connectivity index (χ1n) is 7.99. The lowest BCUT2D eigenvalue weighted by molar-refractivity contribution is -0.116. The molecular formula is C17H26N2O2. The summed E-state index contributed by atoms with van der Waals surface area (Å²) in [7, 11) is 0. The number of hydrogen-bond donors (Lipinski definition) is 2. The molecule has 4 heteroatoms. The third-order valence-corrected chi connectivity index (χ3v) is 3.97. The number of para-hydroxylation sites is 1. The van der Waals surface area contributed by atoms with E-state index in [0.29, 0.717) is 25.7 Å². The van der Waals surface area contributed by atoms with Crippen molar-refractivity contribution in [3.05, 3.63) is 29.8 Å². The van der Waals surface area contributed by atoms with E-state index >= 15 is 0 Å². The third-order valence-electron chi connectivity index (χ3n) is 3.97. The molecule has 4 nitrogen and oxygen atoms in total. The van der Waals surface area contributed by atoms with Gasteiger partial charge in [-0.15, -0.1) is 0 Å². The molecule has 1 aromatic rings. The highest BCUT2D eigenvalue weighted by molar-refractivity contribution is 5.91. The van der Waals surface area contributed by atoms with Gasteiger partial charge in [0, 0.05) is 25.3 Å². The Hall–Kier alpha value is -1.39. The van der Waals surface area contributed by atoms with Crippen LogP contribution in [0.1, 0.15) is 50.5 Å². The lowest BCUT2D eigenvalue weighted by Gasteiger charge is -2.21. The fourth-order valence-corrected chi connectivity index (χ4v) is 2.75. The Morgan fingerprint density at radius 3 is 2.76 bits per heavy atom. The van der Waals surface area contributed by atoms with E-state index in [9.17, 15) is 4.79 Å². The molecule has 3 N–H and O–H groups in total. The van der Waals surface area contributed by atoms with Crippen LogP contribution in [0.2, 0.25) is 0 Å². The fraction of sp³-hybridized carbons (Fsp3) is 0.588. The van der Waals surface area contributed by atoms with Crippen molar-refractivity contribution in [3.8, 4) is 0 Å². The molecule has 2 rings (SSSR count). The Bertz CT molecular complexity index is 442. The van der Waals surface area contributed by atoms with Gasteiger partial charge < -0.3 is 15.8 Å². The van der Waals surface area contributed by atoms with Crippen molar-refractivity contribution >= 4 is 11.6 Å². The number of rotatable bonds is 7. The predicted molar refractivity (Wildman–Crippen MR) is 85.0 cm³/mol. The number of nitrogens with one attached hydrogen (secondary N) is 1. The monoisotopic (exact) mass is 290 g/mol. The Kier molecular flexibility index (Phi) is 6.70. The normalized spacial score (nSPS) is 15.9. The zero-order valence-electron chi connectivity index (χ0n) is 12.6. The minimum Gasteiger partial charge on any atom is -0.378 e. The topological polar surface area (TPSA) is 64.3 Å². The van der Waals surface area contributed by atoms with E-state index in [2.05, 4.69) is 5.32 Å². The zero-order valence-corrected chi connectivity index (χ0v) is 12.6. The highest BCUT2D eigenvalue weighted by Gasteiger charge is 2.13. The van der Waals surface area contributed by atoms with Crippen molar-refractivity contribution in [1.29, 1.82) is 0 Å². The van der Waals surface area contributed by atoms with Gasteiger partial charge in [-0.1, -0.05) is 37.5 Å². The summed E-state index contributed by atoms with van der Waals surface area (Å²) < 4.78 is 5.83. The van der Waals surface area contributed by atoms with Crippen LogP contribution in [-0.4, -0.2) is 18.6 Å². The quantitative estimate of drug-likeness (QED) is 0.758. The number of benzene rings is 1. The van der Waals surface area contributed by atoms with Gasteiger partial charge in [0.05, 0.1) is 6.10 Å². The maximum absolute atomic E-state index is 11.9. The largest absolute Gasteiger partial charge is 0.378 e. The second kappa shape index (κ2) is 8.80. The molecule has 1 aromatic carbocycles. The predicted octanol–water partition coefficient (Wildman–Crippen LogP) is 3.21. The van der Waals surface area contributed by atoms with Gasteiger partial charge in [0.2, 0.25) is 5.91 Å². The van der Waals surface area contributed by atoms with Crippen LogP contribution in [0.3, 0.4) is 0 Å². The maximum Gasteiger partial charge on any atom is 0.224 e.